The number of hydroxylamine groups is 2. The van der Waals surface area contributed by atoms with Crippen LogP contribution in [0.5, 0.6) is 0 Å². The predicted molar refractivity (Wildman–Crippen MR) is 79.0 cm³/mol. The summed E-state index contributed by atoms with van der Waals surface area (Å²) < 4.78 is 1.08. The van der Waals surface area contributed by atoms with E-state index in [1.165, 1.54) is 5.56 Å². The molecule has 94 valence electrons. The highest BCUT2D eigenvalue weighted by atomic mass is 127. The highest BCUT2D eigenvalue weighted by molar-refractivity contribution is 14.1. The van der Waals surface area contributed by atoms with E-state index in [1.54, 1.807) is 0 Å². The van der Waals surface area contributed by atoms with Crippen LogP contribution in [0.2, 0.25) is 0 Å². The number of hydrogen-bond donors (Lipinski definition) is 0. The van der Waals surface area contributed by atoms with E-state index in [9.17, 15) is 0 Å². The summed E-state index contributed by atoms with van der Waals surface area (Å²) in [6.07, 6.45) is 1.56. The molecule has 1 heterocycles. The Kier molecular flexibility index (Phi) is 4.82. The zero-order valence-corrected chi connectivity index (χ0v) is 12.6. The third kappa shape index (κ3) is 3.42. The van der Waals surface area contributed by atoms with Gasteiger partial charge in [-0.1, -0.05) is 66.8 Å². The van der Waals surface area contributed by atoms with Crippen LogP contribution in [0.4, 0.5) is 0 Å². The lowest BCUT2D eigenvalue weighted by Gasteiger charge is -2.25. The van der Waals surface area contributed by atoms with Crippen LogP contribution >= 0.6 is 22.6 Å². The van der Waals surface area contributed by atoms with E-state index in [1.807, 2.05) is 0 Å². The first-order valence-corrected chi connectivity index (χ1v) is 7.76. The molecule has 1 saturated heterocycles. The zero-order valence-electron chi connectivity index (χ0n) is 10.5. The molecular weight excluding hydrogens is 325 g/mol. The van der Waals surface area contributed by atoms with Gasteiger partial charge in [-0.15, -0.1) is 0 Å². The number of halogens is 1. The second kappa shape index (κ2) is 6.16. The molecule has 0 N–H and O–H groups in total. The summed E-state index contributed by atoms with van der Waals surface area (Å²) in [5, 5.41) is 2.18. The highest BCUT2D eigenvalue weighted by Gasteiger charge is 2.34. The van der Waals surface area contributed by atoms with Crippen LogP contribution < -0.4 is 0 Å². The van der Waals surface area contributed by atoms with Crippen LogP contribution in [0.25, 0.3) is 0 Å². The molecular formula is C14H20INO. The topological polar surface area (TPSA) is 12.5 Å². The molecule has 17 heavy (non-hydrogen) atoms. The molecule has 0 bridgehead atoms. The van der Waals surface area contributed by atoms with E-state index in [4.69, 9.17) is 4.84 Å². The first kappa shape index (κ1) is 13.3. The fraction of sp³-hybridized carbons (Fsp3) is 0.571. The number of nitrogens with zero attached hydrogens (tertiary/aromatic N) is 1. The molecule has 0 aromatic heterocycles. The summed E-state index contributed by atoms with van der Waals surface area (Å²) in [7, 11) is 0. The van der Waals surface area contributed by atoms with Crippen LogP contribution in [0, 0.1) is 5.92 Å². The van der Waals surface area contributed by atoms with Crippen molar-refractivity contribution < 1.29 is 4.84 Å². The van der Waals surface area contributed by atoms with E-state index in [2.05, 4.69) is 71.8 Å². The normalized spacial score (nSPS) is 25.6. The fourth-order valence-corrected chi connectivity index (χ4v) is 2.83. The van der Waals surface area contributed by atoms with Gasteiger partial charge >= 0.3 is 0 Å². The molecule has 0 saturated carbocycles. The van der Waals surface area contributed by atoms with E-state index in [-0.39, 0.29) is 0 Å². The molecule has 1 fully saturated rings. The lowest BCUT2D eigenvalue weighted by molar-refractivity contribution is -0.169. The molecule has 0 spiro atoms. The second-order valence-corrected chi connectivity index (χ2v) is 5.87. The lowest BCUT2D eigenvalue weighted by Crippen LogP contribution is -2.31. The molecule has 1 aliphatic rings. The van der Waals surface area contributed by atoms with Gasteiger partial charge in [-0.3, -0.25) is 4.84 Å². The van der Waals surface area contributed by atoms with Crippen LogP contribution in [-0.4, -0.2) is 21.6 Å². The monoisotopic (exact) mass is 345 g/mol. The van der Waals surface area contributed by atoms with Crippen molar-refractivity contribution in [2.45, 2.75) is 39.0 Å². The van der Waals surface area contributed by atoms with Gasteiger partial charge in [-0.2, -0.15) is 5.06 Å². The Labute approximate surface area is 117 Å². The molecule has 0 unspecified atom stereocenters. The Balaban J connectivity index is 2.03. The van der Waals surface area contributed by atoms with Crippen molar-refractivity contribution in [1.29, 1.82) is 0 Å². The summed E-state index contributed by atoms with van der Waals surface area (Å²) in [6, 6.07) is 11.1. The third-order valence-corrected chi connectivity index (χ3v) is 4.26. The summed E-state index contributed by atoms with van der Waals surface area (Å²) in [5.41, 5.74) is 1.33. The maximum Gasteiger partial charge on any atom is 0.0898 e. The van der Waals surface area contributed by atoms with Gasteiger partial charge in [0.25, 0.3) is 0 Å². The van der Waals surface area contributed by atoms with Gasteiger partial charge in [0.2, 0.25) is 0 Å². The van der Waals surface area contributed by atoms with Crippen molar-refractivity contribution in [2.24, 2.45) is 5.92 Å². The summed E-state index contributed by atoms with van der Waals surface area (Å²) in [6.45, 7) is 5.46. The first-order valence-electron chi connectivity index (χ1n) is 6.24. The number of hydrogen-bond acceptors (Lipinski definition) is 2. The molecule has 0 aliphatic carbocycles. The van der Waals surface area contributed by atoms with Crippen molar-refractivity contribution in [3.63, 3.8) is 0 Å². The Morgan fingerprint density at radius 1 is 1.35 bits per heavy atom. The Hall–Kier alpha value is -0.130. The SMILES string of the molecule is CC(C)[C@@H]1C[C@@H](CI)ON1Cc1ccccc1. The van der Waals surface area contributed by atoms with Gasteiger partial charge < -0.3 is 0 Å². The first-order chi connectivity index (χ1) is 8.20. The average Bonchev–Trinajstić information content (AvgIpc) is 2.74. The molecule has 3 heteroatoms. The fourth-order valence-electron chi connectivity index (χ4n) is 2.31. The van der Waals surface area contributed by atoms with E-state index < -0.39 is 0 Å². The number of rotatable bonds is 4. The molecule has 1 aromatic rings. The Morgan fingerprint density at radius 3 is 2.65 bits per heavy atom. The van der Waals surface area contributed by atoms with Crippen molar-refractivity contribution >= 4 is 22.6 Å². The van der Waals surface area contributed by atoms with Crippen molar-refractivity contribution in [2.75, 3.05) is 4.43 Å². The maximum absolute atomic E-state index is 6.01. The van der Waals surface area contributed by atoms with Gasteiger partial charge in [0, 0.05) is 17.0 Å². The standard InChI is InChI=1S/C14H20INO/c1-11(2)14-8-13(9-15)17-16(14)10-12-6-4-3-5-7-12/h3-7,11,13-14H,8-10H2,1-2H3/t13-,14-/m0/s1. The summed E-state index contributed by atoms with van der Waals surface area (Å²) >= 11 is 2.41. The smallest absolute Gasteiger partial charge is 0.0898 e. The predicted octanol–water partition coefficient (Wildman–Crippen LogP) is 3.65. The van der Waals surface area contributed by atoms with E-state index in [0.717, 1.165) is 17.4 Å². The van der Waals surface area contributed by atoms with Crippen molar-refractivity contribution in [3.8, 4) is 0 Å². The van der Waals surface area contributed by atoms with Crippen molar-refractivity contribution in [1.82, 2.24) is 5.06 Å². The van der Waals surface area contributed by atoms with E-state index in [0.29, 0.717) is 18.1 Å². The minimum absolute atomic E-state index is 0.395. The van der Waals surface area contributed by atoms with Crippen LogP contribution in [0.15, 0.2) is 30.3 Å². The number of alkyl halides is 1. The minimum Gasteiger partial charge on any atom is -0.294 e. The Bertz CT molecular complexity index is 341. The molecule has 1 aliphatic heterocycles. The molecule has 2 atom stereocenters. The molecule has 2 rings (SSSR count). The summed E-state index contributed by atoms with van der Waals surface area (Å²) in [4.78, 5) is 6.01. The third-order valence-electron chi connectivity index (χ3n) is 3.28. The van der Waals surface area contributed by atoms with Gasteiger partial charge in [0.15, 0.2) is 0 Å². The molecule has 0 amide bonds. The second-order valence-electron chi connectivity index (χ2n) is 4.99. The quantitative estimate of drug-likeness (QED) is 0.610. The van der Waals surface area contributed by atoms with Crippen molar-refractivity contribution in [3.05, 3.63) is 35.9 Å². The van der Waals surface area contributed by atoms with E-state index >= 15 is 0 Å². The minimum atomic E-state index is 0.395. The maximum atomic E-state index is 6.01. The number of benzene rings is 1. The van der Waals surface area contributed by atoms with Gasteiger partial charge in [0.05, 0.1) is 6.10 Å². The molecule has 0 radical (unpaired) electrons. The van der Waals surface area contributed by atoms with Crippen LogP contribution in [-0.2, 0) is 11.4 Å². The zero-order chi connectivity index (χ0) is 12.3. The van der Waals surface area contributed by atoms with Crippen LogP contribution in [0.1, 0.15) is 25.8 Å². The Morgan fingerprint density at radius 2 is 2.06 bits per heavy atom. The summed E-state index contributed by atoms with van der Waals surface area (Å²) in [5.74, 6) is 0.645. The van der Waals surface area contributed by atoms with Crippen LogP contribution in [0.3, 0.4) is 0 Å². The average molecular weight is 345 g/mol. The lowest BCUT2D eigenvalue weighted by atomic mass is 9.99. The van der Waals surface area contributed by atoms with Gasteiger partial charge in [-0.25, -0.2) is 0 Å². The largest absolute Gasteiger partial charge is 0.294 e. The van der Waals surface area contributed by atoms with Gasteiger partial charge in [-0.05, 0) is 17.9 Å². The van der Waals surface area contributed by atoms with Gasteiger partial charge in [0.1, 0.15) is 0 Å². The molecule has 2 nitrogen and oxygen atoms in total. The highest BCUT2D eigenvalue weighted by Crippen LogP contribution is 2.29. The molecule has 1 aromatic carbocycles.